The summed E-state index contributed by atoms with van der Waals surface area (Å²) in [6.07, 6.45) is 4.10. The third-order valence-electron chi connectivity index (χ3n) is 5.12. The fourth-order valence-corrected chi connectivity index (χ4v) is 3.75. The van der Waals surface area contributed by atoms with Crippen molar-refractivity contribution in [3.8, 4) is 5.88 Å². The maximum Gasteiger partial charge on any atom is 0.250 e. The molecule has 0 unspecified atom stereocenters. The highest BCUT2D eigenvalue weighted by Crippen LogP contribution is 2.37. The number of halogens is 1. The SMILES string of the molecule is Cc1ccc(CN2CCC3(CC2)C[C@H](Oc2ncccc2F)CO3)o1. The molecule has 2 aromatic heterocycles. The Kier molecular flexibility index (Phi) is 4.48. The van der Waals surface area contributed by atoms with Crippen molar-refractivity contribution in [2.75, 3.05) is 19.7 Å². The minimum Gasteiger partial charge on any atom is -0.470 e. The van der Waals surface area contributed by atoms with E-state index in [0.717, 1.165) is 50.4 Å². The highest BCUT2D eigenvalue weighted by molar-refractivity contribution is 5.14. The van der Waals surface area contributed by atoms with Crippen LogP contribution in [-0.2, 0) is 11.3 Å². The summed E-state index contributed by atoms with van der Waals surface area (Å²) in [6.45, 7) is 5.22. The van der Waals surface area contributed by atoms with Gasteiger partial charge >= 0.3 is 0 Å². The van der Waals surface area contributed by atoms with Crippen molar-refractivity contribution in [3.05, 3.63) is 47.8 Å². The van der Waals surface area contributed by atoms with Crippen LogP contribution < -0.4 is 4.74 Å². The fourth-order valence-electron chi connectivity index (χ4n) is 3.75. The van der Waals surface area contributed by atoms with Crippen LogP contribution >= 0.6 is 0 Å². The first-order valence-electron chi connectivity index (χ1n) is 8.81. The number of rotatable bonds is 4. The van der Waals surface area contributed by atoms with E-state index in [1.54, 1.807) is 12.3 Å². The van der Waals surface area contributed by atoms with Crippen molar-refractivity contribution in [3.63, 3.8) is 0 Å². The summed E-state index contributed by atoms with van der Waals surface area (Å²) in [5.41, 5.74) is -0.147. The summed E-state index contributed by atoms with van der Waals surface area (Å²) >= 11 is 0. The van der Waals surface area contributed by atoms with E-state index < -0.39 is 5.82 Å². The molecule has 0 amide bonds. The minimum absolute atomic E-state index is 0.0683. The summed E-state index contributed by atoms with van der Waals surface area (Å²) in [5.74, 6) is 1.60. The predicted molar refractivity (Wildman–Crippen MR) is 89.9 cm³/mol. The topological polar surface area (TPSA) is 47.7 Å². The smallest absolute Gasteiger partial charge is 0.250 e. The monoisotopic (exact) mass is 346 g/mol. The molecule has 2 aromatic rings. The Balaban J connectivity index is 1.30. The van der Waals surface area contributed by atoms with Crippen molar-refractivity contribution < 1.29 is 18.3 Å². The highest BCUT2D eigenvalue weighted by Gasteiger charge is 2.44. The van der Waals surface area contributed by atoms with E-state index in [1.165, 1.54) is 6.07 Å². The molecule has 0 radical (unpaired) electrons. The third kappa shape index (κ3) is 3.70. The zero-order chi connectivity index (χ0) is 17.3. The molecule has 134 valence electrons. The Morgan fingerprint density at radius 1 is 1.32 bits per heavy atom. The van der Waals surface area contributed by atoms with Gasteiger partial charge in [0.2, 0.25) is 0 Å². The van der Waals surface area contributed by atoms with E-state index in [-0.39, 0.29) is 17.6 Å². The van der Waals surface area contributed by atoms with Crippen LogP contribution in [0, 0.1) is 12.7 Å². The number of nitrogens with zero attached hydrogens (tertiary/aromatic N) is 2. The Morgan fingerprint density at radius 2 is 2.16 bits per heavy atom. The molecule has 2 saturated heterocycles. The summed E-state index contributed by atoms with van der Waals surface area (Å²) in [4.78, 5) is 6.35. The highest BCUT2D eigenvalue weighted by atomic mass is 19.1. The Hall–Kier alpha value is -1.92. The average Bonchev–Trinajstić information content (AvgIpc) is 3.19. The Bertz CT molecular complexity index is 725. The first-order valence-corrected chi connectivity index (χ1v) is 8.81. The molecule has 0 aliphatic carbocycles. The van der Waals surface area contributed by atoms with E-state index in [9.17, 15) is 4.39 Å². The number of piperidine rings is 1. The quantitative estimate of drug-likeness (QED) is 0.850. The van der Waals surface area contributed by atoms with Crippen LogP contribution in [0.1, 0.15) is 30.8 Å². The molecule has 0 bridgehead atoms. The predicted octanol–water partition coefficient (Wildman–Crippen LogP) is 3.32. The summed E-state index contributed by atoms with van der Waals surface area (Å²) in [7, 11) is 0. The lowest BCUT2D eigenvalue weighted by atomic mass is 9.88. The van der Waals surface area contributed by atoms with Crippen LogP contribution in [0.2, 0.25) is 0 Å². The number of furan rings is 1. The number of ether oxygens (including phenoxy) is 2. The second-order valence-electron chi connectivity index (χ2n) is 7.02. The molecule has 5 nitrogen and oxygen atoms in total. The van der Waals surface area contributed by atoms with Gasteiger partial charge < -0.3 is 13.9 Å². The Morgan fingerprint density at radius 3 is 2.88 bits per heavy atom. The number of hydrogen-bond acceptors (Lipinski definition) is 5. The van der Waals surface area contributed by atoms with Gasteiger partial charge in [-0.1, -0.05) is 0 Å². The normalized spacial score (nSPS) is 23.2. The van der Waals surface area contributed by atoms with E-state index >= 15 is 0 Å². The second kappa shape index (κ2) is 6.77. The Labute approximate surface area is 146 Å². The zero-order valence-electron chi connectivity index (χ0n) is 14.4. The van der Waals surface area contributed by atoms with Crippen LogP contribution in [-0.4, -0.2) is 41.3 Å². The van der Waals surface area contributed by atoms with Crippen LogP contribution in [0.3, 0.4) is 0 Å². The maximum atomic E-state index is 13.7. The van der Waals surface area contributed by atoms with Gasteiger partial charge in [-0.3, -0.25) is 4.90 Å². The molecule has 4 heterocycles. The van der Waals surface area contributed by atoms with Crippen LogP contribution in [0.5, 0.6) is 5.88 Å². The van der Waals surface area contributed by atoms with Crippen LogP contribution in [0.15, 0.2) is 34.9 Å². The third-order valence-corrected chi connectivity index (χ3v) is 5.12. The standard InChI is InChI=1S/C19H23FN2O3/c1-14-4-5-15(24-14)12-22-9-6-19(7-10-22)11-16(13-23-19)25-18-17(20)3-2-8-21-18/h2-5,8,16H,6-7,9-13H2,1H3/t16-/m0/s1. The molecule has 1 atom stereocenters. The fraction of sp³-hybridized carbons (Fsp3) is 0.526. The molecular formula is C19H23FN2O3. The number of aryl methyl sites for hydroxylation is 1. The lowest BCUT2D eigenvalue weighted by molar-refractivity contribution is -0.0463. The molecule has 1 spiro atoms. The molecule has 6 heteroatoms. The summed E-state index contributed by atoms with van der Waals surface area (Å²) in [5, 5.41) is 0. The van der Waals surface area contributed by atoms with Crippen molar-refractivity contribution in [2.24, 2.45) is 0 Å². The largest absolute Gasteiger partial charge is 0.470 e. The summed E-state index contributed by atoms with van der Waals surface area (Å²) in [6, 6.07) is 6.96. The molecule has 4 rings (SSSR count). The van der Waals surface area contributed by atoms with Crippen molar-refractivity contribution in [1.82, 2.24) is 9.88 Å². The van der Waals surface area contributed by atoms with Gasteiger partial charge in [0.25, 0.3) is 5.88 Å². The van der Waals surface area contributed by atoms with Crippen molar-refractivity contribution in [1.29, 1.82) is 0 Å². The molecular weight excluding hydrogens is 323 g/mol. The average molecular weight is 346 g/mol. The molecule has 0 N–H and O–H groups in total. The minimum atomic E-state index is -0.424. The van der Waals surface area contributed by atoms with E-state index in [0.29, 0.717) is 6.61 Å². The van der Waals surface area contributed by atoms with Crippen molar-refractivity contribution >= 4 is 0 Å². The first kappa shape index (κ1) is 16.5. The molecule has 2 aliphatic heterocycles. The molecule has 2 fully saturated rings. The number of aromatic nitrogens is 1. The van der Waals surface area contributed by atoms with Gasteiger partial charge in [0, 0.05) is 25.7 Å². The molecule has 2 aliphatic rings. The van der Waals surface area contributed by atoms with Gasteiger partial charge in [-0.2, -0.15) is 0 Å². The van der Waals surface area contributed by atoms with Gasteiger partial charge in [-0.25, -0.2) is 9.37 Å². The zero-order valence-corrected chi connectivity index (χ0v) is 14.4. The number of pyridine rings is 1. The molecule has 25 heavy (non-hydrogen) atoms. The number of hydrogen-bond donors (Lipinski definition) is 0. The number of likely N-dealkylation sites (tertiary alicyclic amines) is 1. The molecule has 0 saturated carbocycles. The van der Waals surface area contributed by atoms with Crippen molar-refractivity contribution in [2.45, 2.75) is 44.4 Å². The van der Waals surface area contributed by atoms with E-state index in [2.05, 4.69) is 9.88 Å². The molecule has 0 aromatic carbocycles. The van der Waals surface area contributed by atoms with Gasteiger partial charge in [-0.15, -0.1) is 0 Å². The lowest BCUT2D eigenvalue weighted by Crippen LogP contribution is -2.44. The second-order valence-corrected chi connectivity index (χ2v) is 7.02. The first-order chi connectivity index (χ1) is 12.1. The van der Waals surface area contributed by atoms with Gasteiger partial charge in [0.15, 0.2) is 5.82 Å². The van der Waals surface area contributed by atoms with Gasteiger partial charge in [-0.05, 0) is 44.0 Å². The summed E-state index contributed by atoms with van der Waals surface area (Å²) < 4.78 is 31.2. The maximum absolute atomic E-state index is 13.7. The van der Waals surface area contributed by atoms with E-state index in [1.807, 2.05) is 19.1 Å². The lowest BCUT2D eigenvalue weighted by Gasteiger charge is -2.38. The van der Waals surface area contributed by atoms with Crippen LogP contribution in [0.25, 0.3) is 0 Å². The van der Waals surface area contributed by atoms with Gasteiger partial charge in [0.1, 0.15) is 17.6 Å². The van der Waals surface area contributed by atoms with E-state index in [4.69, 9.17) is 13.9 Å². The van der Waals surface area contributed by atoms with Crippen LogP contribution in [0.4, 0.5) is 4.39 Å². The van der Waals surface area contributed by atoms with Gasteiger partial charge in [0.05, 0.1) is 18.8 Å².